The maximum Gasteiger partial charge on any atom is 0.222 e. The minimum atomic E-state index is -0.948. The molecule has 4 N–H and O–H groups in total. The van der Waals surface area contributed by atoms with Crippen molar-refractivity contribution in [3.63, 3.8) is 0 Å². The molecule has 3 atom stereocenters. The Kier molecular flexibility index (Phi) is 42.6. The molecule has 53 heavy (non-hydrogen) atoms. The lowest BCUT2D eigenvalue weighted by Crippen LogP contribution is -2.45. The van der Waals surface area contributed by atoms with E-state index in [1.165, 1.54) is 193 Å². The minimum absolute atomic E-state index is 0.00997. The smallest absolute Gasteiger partial charge is 0.222 e. The van der Waals surface area contributed by atoms with E-state index in [-0.39, 0.29) is 18.9 Å². The van der Waals surface area contributed by atoms with Gasteiger partial charge in [0.1, 0.15) is 0 Å². The number of hydrogen-bond donors (Lipinski definition) is 4. The highest BCUT2D eigenvalue weighted by atomic mass is 16.3. The summed E-state index contributed by atoms with van der Waals surface area (Å²) in [4.78, 5) is 12.5. The van der Waals surface area contributed by atoms with Gasteiger partial charge in [-0.1, -0.05) is 237 Å². The van der Waals surface area contributed by atoms with Gasteiger partial charge >= 0.3 is 0 Å². The van der Waals surface area contributed by atoms with Crippen molar-refractivity contribution in [2.75, 3.05) is 6.61 Å². The van der Waals surface area contributed by atoms with E-state index in [1.54, 1.807) is 6.08 Å². The molecular formula is C48H93NO4. The van der Waals surface area contributed by atoms with Gasteiger partial charge < -0.3 is 20.6 Å². The van der Waals surface area contributed by atoms with Crippen LogP contribution in [-0.2, 0) is 4.79 Å². The first-order chi connectivity index (χ1) is 26.0. The van der Waals surface area contributed by atoms with Crippen LogP contribution < -0.4 is 5.32 Å². The average molecular weight is 748 g/mol. The van der Waals surface area contributed by atoms with Crippen LogP contribution in [-0.4, -0.2) is 46.1 Å². The lowest BCUT2D eigenvalue weighted by Gasteiger charge is -2.21. The topological polar surface area (TPSA) is 89.8 Å². The third kappa shape index (κ3) is 40.3. The number of aliphatic hydroxyl groups is 3. The third-order valence-electron chi connectivity index (χ3n) is 11.0. The molecule has 0 bridgehead atoms. The van der Waals surface area contributed by atoms with Crippen molar-refractivity contribution in [1.29, 1.82) is 0 Å². The van der Waals surface area contributed by atoms with Crippen molar-refractivity contribution in [1.82, 2.24) is 5.32 Å². The van der Waals surface area contributed by atoms with E-state index in [1.807, 2.05) is 6.08 Å². The summed E-state index contributed by atoms with van der Waals surface area (Å²) in [6, 6.07) is -0.757. The zero-order valence-electron chi connectivity index (χ0n) is 35.7. The molecule has 0 aliphatic carbocycles. The van der Waals surface area contributed by atoms with E-state index < -0.39 is 18.2 Å². The molecule has 314 valence electrons. The summed E-state index contributed by atoms with van der Waals surface area (Å²) in [5.41, 5.74) is 0. The molecule has 0 rings (SSSR count). The Balaban J connectivity index is 3.65. The monoisotopic (exact) mass is 748 g/mol. The zero-order valence-corrected chi connectivity index (χ0v) is 35.7. The Hall–Kier alpha value is -1.17. The second kappa shape index (κ2) is 43.6. The molecule has 0 aromatic rings. The first kappa shape index (κ1) is 51.8. The van der Waals surface area contributed by atoms with Crippen LogP contribution in [0.4, 0.5) is 0 Å². The fraction of sp³-hybridized carbons (Fsp3) is 0.896. The molecule has 5 heteroatoms. The van der Waals surface area contributed by atoms with Gasteiger partial charge in [0.15, 0.2) is 0 Å². The average Bonchev–Trinajstić information content (AvgIpc) is 3.15. The number of rotatable bonds is 43. The summed E-state index contributed by atoms with van der Waals surface area (Å²) in [5.74, 6) is -0.321. The van der Waals surface area contributed by atoms with Gasteiger partial charge in [0.2, 0.25) is 5.91 Å². The van der Waals surface area contributed by atoms with Gasteiger partial charge in [0.25, 0.3) is 0 Å². The maximum absolute atomic E-state index is 12.5. The summed E-state index contributed by atoms with van der Waals surface area (Å²) >= 11 is 0. The lowest BCUT2D eigenvalue weighted by atomic mass is 10.0. The molecule has 0 heterocycles. The second-order valence-electron chi connectivity index (χ2n) is 16.4. The zero-order chi connectivity index (χ0) is 38.7. The van der Waals surface area contributed by atoms with Crippen LogP contribution in [0.1, 0.15) is 251 Å². The SMILES string of the molecule is CCCCCCCCCCCCCC/C=C/CC/C=C/C(O)C(CO)NC(=O)CC(O)CCCCCCCCCCCCCCCCCCCCCC. The fourth-order valence-corrected chi connectivity index (χ4v) is 7.36. The van der Waals surface area contributed by atoms with Crippen molar-refractivity contribution >= 4 is 5.91 Å². The fourth-order valence-electron chi connectivity index (χ4n) is 7.36. The number of carbonyl (C=O) groups is 1. The second-order valence-corrected chi connectivity index (χ2v) is 16.4. The maximum atomic E-state index is 12.5. The van der Waals surface area contributed by atoms with E-state index in [9.17, 15) is 20.1 Å². The Bertz CT molecular complexity index is 784. The first-order valence-corrected chi connectivity index (χ1v) is 23.6. The Morgan fingerprint density at radius 3 is 1.21 bits per heavy atom. The number of allylic oxidation sites excluding steroid dienone is 3. The summed E-state index contributed by atoms with van der Waals surface area (Å²) in [5, 5.41) is 33.3. The summed E-state index contributed by atoms with van der Waals surface area (Å²) in [7, 11) is 0. The quantitative estimate of drug-likeness (QED) is 0.0369. The number of nitrogens with one attached hydrogen (secondary N) is 1. The molecule has 0 saturated heterocycles. The summed E-state index contributed by atoms with van der Waals surface area (Å²) < 4.78 is 0. The summed E-state index contributed by atoms with van der Waals surface area (Å²) in [6.45, 7) is 4.22. The number of carbonyl (C=O) groups excluding carboxylic acids is 1. The molecule has 0 aromatic heterocycles. The largest absolute Gasteiger partial charge is 0.394 e. The van der Waals surface area contributed by atoms with Crippen molar-refractivity contribution in [2.24, 2.45) is 0 Å². The molecule has 5 nitrogen and oxygen atoms in total. The number of aliphatic hydroxyl groups excluding tert-OH is 3. The number of hydrogen-bond acceptors (Lipinski definition) is 4. The highest BCUT2D eigenvalue weighted by Crippen LogP contribution is 2.16. The van der Waals surface area contributed by atoms with Crippen LogP contribution in [0.15, 0.2) is 24.3 Å². The Labute approximate surface area is 331 Å². The molecule has 3 unspecified atom stereocenters. The molecule has 0 radical (unpaired) electrons. The molecule has 0 aliphatic heterocycles. The van der Waals surface area contributed by atoms with Gasteiger partial charge in [0, 0.05) is 0 Å². The van der Waals surface area contributed by atoms with Crippen molar-refractivity contribution in [3.8, 4) is 0 Å². The Morgan fingerprint density at radius 2 is 0.811 bits per heavy atom. The van der Waals surface area contributed by atoms with Gasteiger partial charge in [-0.2, -0.15) is 0 Å². The molecule has 0 saturated carbocycles. The van der Waals surface area contributed by atoms with Crippen LogP contribution >= 0.6 is 0 Å². The summed E-state index contributed by atoms with van der Waals surface area (Å²) in [6.07, 6.45) is 53.3. The minimum Gasteiger partial charge on any atom is -0.394 e. The Morgan fingerprint density at radius 1 is 0.472 bits per heavy atom. The van der Waals surface area contributed by atoms with Crippen LogP contribution in [0.5, 0.6) is 0 Å². The first-order valence-electron chi connectivity index (χ1n) is 23.6. The van der Waals surface area contributed by atoms with Crippen molar-refractivity contribution < 1.29 is 20.1 Å². The lowest BCUT2D eigenvalue weighted by molar-refractivity contribution is -0.124. The van der Waals surface area contributed by atoms with E-state index >= 15 is 0 Å². The van der Waals surface area contributed by atoms with Crippen LogP contribution in [0, 0.1) is 0 Å². The van der Waals surface area contributed by atoms with E-state index in [4.69, 9.17) is 0 Å². The standard InChI is InChI=1S/C48H93NO4/c1-3-5-7-9-11-13-15-17-19-21-23-24-25-27-29-31-33-35-37-39-41-45(51)43-48(53)49-46(44-50)47(52)42-40-38-36-34-32-30-28-26-22-20-18-16-14-12-10-8-6-4-2/h32,34,40,42,45-47,50-52H,3-31,33,35-39,41,43-44H2,1-2H3,(H,49,53)/b34-32+,42-40+. The van der Waals surface area contributed by atoms with Gasteiger partial charge in [0.05, 0.1) is 31.3 Å². The van der Waals surface area contributed by atoms with E-state index in [0.717, 1.165) is 32.1 Å². The van der Waals surface area contributed by atoms with Gasteiger partial charge in [-0.15, -0.1) is 0 Å². The number of amides is 1. The molecule has 1 amide bonds. The predicted molar refractivity (Wildman–Crippen MR) is 231 cm³/mol. The normalized spacial score (nSPS) is 13.7. The van der Waals surface area contributed by atoms with Gasteiger partial charge in [-0.05, 0) is 32.1 Å². The molecule has 0 aliphatic rings. The van der Waals surface area contributed by atoms with Gasteiger partial charge in [-0.25, -0.2) is 0 Å². The molecule has 0 fully saturated rings. The van der Waals surface area contributed by atoms with Crippen molar-refractivity contribution in [2.45, 2.75) is 270 Å². The van der Waals surface area contributed by atoms with E-state index in [2.05, 4.69) is 31.3 Å². The van der Waals surface area contributed by atoms with Crippen molar-refractivity contribution in [3.05, 3.63) is 24.3 Å². The van der Waals surface area contributed by atoms with Crippen LogP contribution in [0.25, 0.3) is 0 Å². The van der Waals surface area contributed by atoms with E-state index in [0.29, 0.717) is 6.42 Å². The van der Waals surface area contributed by atoms with Crippen LogP contribution in [0.3, 0.4) is 0 Å². The third-order valence-corrected chi connectivity index (χ3v) is 11.0. The predicted octanol–water partition coefficient (Wildman–Crippen LogP) is 13.8. The molecular weight excluding hydrogens is 655 g/mol. The highest BCUT2D eigenvalue weighted by molar-refractivity contribution is 5.76. The molecule has 0 aromatic carbocycles. The highest BCUT2D eigenvalue weighted by Gasteiger charge is 2.20. The number of unbranched alkanes of at least 4 members (excludes halogenated alkanes) is 32. The van der Waals surface area contributed by atoms with Gasteiger partial charge in [-0.3, -0.25) is 4.79 Å². The van der Waals surface area contributed by atoms with Crippen LogP contribution in [0.2, 0.25) is 0 Å². The molecule has 0 spiro atoms.